The number of nitrogens with zero attached hydrogens (tertiary/aromatic N) is 8. The van der Waals surface area contributed by atoms with E-state index in [2.05, 4.69) is 73.5 Å². The SMILES string of the molecule is [C-]#[N+]c1c(C)nn(-c2c(Cl)cccc2Cl)c1N=Nc1c(C)nn(-c2nc(Nc3c(CC)cc(C)cc3CC)cc(=O)[nH]2)c1N. The molecule has 5 aromatic rings. The number of azo groups is 1. The van der Waals surface area contributed by atoms with Crippen molar-refractivity contribution in [3.63, 3.8) is 0 Å². The van der Waals surface area contributed by atoms with E-state index >= 15 is 0 Å². The van der Waals surface area contributed by atoms with E-state index in [1.54, 1.807) is 32.0 Å². The molecule has 3 heterocycles. The van der Waals surface area contributed by atoms with E-state index in [0.717, 1.165) is 29.7 Å². The highest BCUT2D eigenvalue weighted by atomic mass is 35.5. The van der Waals surface area contributed by atoms with Gasteiger partial charge in [0, 0.05) is 11.8 Å². The summed E-state index contributed by atoms with van der Waals surface area (Å²) in [6.07, 6.45) is 1.62. The van der Waals surface area contributed by atoms with Crippen LogP contribution in [-0.4, -0.2) is 29.5 Å². The van der Waals surface area contributed by atoms with Gasteiger partial charge in [-0.1, -0.05) is 60.8 Å². The fourth-order valence-electron chi connectivity index (χ4n) is 4.89. The van der Waals surface area contributed by atoms with Crippen LogP contribution in [0, 0.1) is 27.3 Å². The van der Waals surface area contributed by atoms with E-state index in [-0.39, 0.29) is 29.0 Å². The first kappa shape index (κ1) is 30.5. The van der Waals surface area contributed by atoms with Gasteiger partial charge in [0.15, 0.2) is 17.3 Å². The number of H-pyrrole nitrogens is 1. The summed E-state index contributed by atoms with van der Waals surface area (Å²) in [5, 5.41) is 21.6. The molecule has 12 nitrogen and oxygen atoms in total. The monoisotopic (exact) mass is 629 g/mol. The van der Waals surface area contributed by atoms with Crippen molar-refractivity contribution >= 4 is 57.7 Å². The second-order valence-electron chi connectivity index (χ2n) is 10.0. The molecule has 0 saturated heterocycles. The van der Waals surface area contributed by atoms with Gasteiger partial charge in [-0.05, 0) is 56.9 Å². The van der Waals surface area contributed by atoms with E-state index in [9.17, 15) is 4.79 Å². The van der Waals surface area contributed by atoms with Gasteiger partial charge in [-0.15, -0.1) is 10.2 Å². The summed E-state index contributed by atoms with van der Waals surface area (Å²) in [7, 11) is 0. The van der Waals surface area contributed by atoms with E-state index in [4.69, 9.17) is 35.5 Å². The van der Waals surface area contributed by atoms with Gasteiger partial charge in [-0.3, -0.25) is 9.78 Å². The zero-order valence-electron chi connectivity index (χ0n) is 24.7. The number of aromatic nitrogens is 6. The maximum absolute atomic E-state index is 12.7. The minimum Gasteiger partial charge on any atom is -0.382 e. The maximum atomic E-state index is 12.7. The second-order valence-corrected chi connectivity index (χ2v) is 10.8. The number of hydrogen-bond acceptors (Lipinski definition) is 8. The summed E-state index contributed by atoms with van der Waals surface area (Å²) in [6, 6.07) is 10.6. The van der Waals surface area contributed by atoms with Crippen molar-refractivity contribution in [3.8, 4) is 11.6 Å². The summed E-state index contributed by atoms with van der Waals surface area (Å²) < 4.78 is 2.66. The van der Waals surface area contributed by atoms with Crippen molar-refractivity contribution in [2.24, 2.45) is 10.2 Å². The summed E-state index contributed by atoms with van der Waals surface area (Å²) in [6.45, 7) is 17.3. The number of rotatable bonds is 8. The fourth-order valence-corrected chi connectivity index (χ4v) is 5.45. The third kappa shape index (κ3) is 5.67. The molecule has 0 saturated carbocycles. The lowest BCUT2D eigenvalue weighted by molar-refractivity contribution is 0.801. The Morgan fingerprint density at radius 1 is 1.00 bits per heavy atom. The molecule has 0 amide bonds. The summed E-state index contributed by atoms with van der Waals surface area (Å²) in [5.74, 6) is 0.628. The van der Waals surface area contributed by atoms with E-state index in [1.165, 1.54) is 21.0 Å². The molecule has 4 N–H and O–H groups in total. The van der Waals surface area contributed by atoms with Gasteiger partial charge in [-0.2, -0.15) is 19.9 Å². The van der Waals surface area contributed by atoms with Crippen molar-refractivity contribution in [2.45, 2.75) is 47.5 Å². The Bertz CT molecular complexity index is 1990. The van der Waals surface area contributed by atoms with Crippen molar-refractivity contribution in [3.05, 3.63) is 96.3 Å². The number of nitrogens with two attached hydrogens (primary N) is 1. The number of anilines is 3. The van der Waals surface area contributed by atoms with Gasteiger partial charge >= 0.3 is 0 Å². The van der Waals surface area contributed by atoms with Crippen LogP contribution in [0.15, 0.2) is 51.4 Å². The maximum Gasteiger partial charge on any atom is 0.255 e. The van der Waals surface area contributed by atoms with Crippen LogP contribution in [0.2, 0.25) is 10.0 Å². The predicted molar refractivity (Wildman–Crippen MR) is 173 cm³/mol. The molecule has 5 rings (SSSR count). The number of benzene rings is 2. The number of halogens is 2. The standard InChI is InChI=1S/C30H29Cl2N11O/c1-7-18-12-15(3)13-19(8-2)26(18)35-22-14-23(44)37-30(36-22)43-28(33)24(16(4)41-43)38-39-29-25(34-6)17(5)40-42(29)27-20(31)10-9-11-21(27)32/h9-14H,7-8,33H2,1-5H3,(H2,35,36,37,44). The van der Waals surface area contributed by atoms with Crippen LogP contribution in [0.5, 0.6) is 0 Å². The molecule has 0 radical (unpaired) electrons. The Morgan fingerprint density at radius 2 is 1.64 bits per heavy atom. The molecule has 0 unspecified atom stereocenters. The molecular formula is C30H29Cl2N11O. The first-order valence-electron chi connectivity index (χ1n) is 13.8. The summed E-state index contributed by atoms with van der Waals surface area (Å²) in [4.78, 5) is 23.6. The number of aryl methyl sites for hydroxylation is 5. The average molecular weight is 631 g/mol. The van der Waals surface area contributed by atoms with Crippen LogP contribution in [-0.2, 0) is 12.8 Å². The molecule has 0 atom stereocenters. The fraction of sp³-hybridized carbons (Fsp3) is 0.233. The lowest BCUT2D eigenvalue weighted by atomic mass is 9.99. The van der Waals surface area contributed by atoms with E-state index in [0.29, 0.717) is 32.9 Å². The van der Waals surface area contributed by atoms with Crippen molar-refractivity contribution < 1.29 is 0 Å². The van der Waals surface area contributed by atoms with Crippen LogP contribution in [0.25, 0.3) is 16.5 Å². The molecule has 3 aromatic heterocycles. The van der Waals surface area contributed by atoms with Crippen LogP contribution >= 0.6 is 23.2 Å². The largest absolute Gasteiger partial charge is 0.382 e. The molecule has 44 heavy (non-hydrogen) atoms. The van der Waals surface area contributed by atoms with Gasteiger partial charge in [-0.25, -0.2) is 9.53 Å². The zero-order valence-corrected chi connectivity index (χ0v) is 26.2. The minimum atomic E-state index is -0.394. The molecule has 0 aliphatic carbocycles. The Morgan fingerprint density at radius 3 is 2.25 bits per heavy atom. The normalized spacial score (nSPS) is 11.3. The van der Waals surface area contributed by atoms with E-state index in [1.807, 2.05) is 0 Å². The lowest BCUT2D eigenvalue weighted by Crippen LogP contribution is -2.16. The molecule has 0 aliphatic heterocycles. The highest BCUT2D eigenvalue weighted by molar-refractivity contribution is 6.37. The van der Waals surface area contributed by atoms with Gasteiger partial charge in [0.2, 0.25) is 5.95 Å². The van der Waals surface area contributed by atoms with Gasteiger partial charge in [0.1, 0.15) is 11.5 Å². The van der Waals surface area contributed by atoms with Crippen LogP contribution < -0.4 is 16.6 Å². The average Bonchev–Trinajstić information content (AvgIpc) is 3.45. The summed E-state index contributed by atoms with van der Waals surface area (Å²) in [5.41, 5.74) is 12.0. The smallest absolute Gasteiger partial charge is 0.255 e. The highest BCUT2D eigenvalue weighted by Gasteiger charge is 2.22. The van der Waals surface area contributed by atoms with Crippen molar-refractivity contribution in [2.75, 3.05) is 11.1 Å². The first-order chi connectivity index (χ1) is 21.1. The van der Waals surface area contributed by atoms with E-state index < -0.39 is 5.56 Å². The minimum absolute atomic E-state index is 0.0771. The quantitative estimate of drug-likeness (QED) is 0.118. The number of para-hydroxylation sites is 1. The molecule has 0 bridgehead atoms. The lowest BCUT2D eigenvalue weighted by Gasteiger charge is -2.16. The van der Waals surface area contributed by atoms with Gasteiger partial charge < -0.3 is 11.1 Å². The molecule has 0 spiro atoms. The van der Waals surface area contributed by atoms with Crippen LogP contribution in [0.3, 0.4) is 0 Å². The highest BCUT2D eigenvalue weighted by Crippen LogP contribution is 2.40. The number of aromatic amines is 1. The summed E-state index contributed by atoms with van der Waals surface area (Å²) >= 11 is 12.9. The Balaban J connectivity index is 1.56. The third-order valence-corrected chi connectivity index (χ3v) is 7.58. The Labute approximate surface area is 263 Å². The molecule has 14 heteroatoms. The van der Waals surface area contributed by atoms with Crippen molar-refractivity contribution in [1.82, 2.24) is 29.5 Å². The zero-order chi connectivity index (χ0) is 31.7. The second kappa shape index (κ2) is 12.3. The predicted octanol–water partition coefficient (Wildman–Crippen LogP) is 7.79. The molecule has 0 aliphatic rings. The number of nitrogen functional groups attached to an aromatic ring is 1. The van der Waals surface area contributed by atoms with Gasteiger partial charge in [0.25, 0.3) is 11.2 Å². The van der Waals surface area contributed by atoms with Crippen LogP contribution in [0.1, 0.15) is 41.9 Å². The van der Waals surface area contributed by atoms with Crippen LogP contribution in [0.4, 0.5) is 34.5 Å². The Hall–Kier alpha value is -4.99. The number of hydrogen-bond donors (Lipinski definition) is 3. The Kier molecular flexibility index (Phi) is 8.53. The first-order valence-corrected chi connectivity index (χ1v) is 14.5. The molecular weight excluding hydrogens is 601 g/mol. The molecule has 2 aromatic carbocycles. The van der Waals surface area contributed by atoms with Gasteiger partial charge in [0.05, 0.1) is 28.0 Å². The topological polar surface area (TPSA) is 149 Å². The number of nitrogens with one attached hydrogen (secondary N) is 2. The molecule has 224 valence electrons. The molecule has 0 fully saturated rings. The van der Waals surface area contributed by atoms with Crippen molar-refractivity contribution in [1.29, 1.82) is 0 Å². The third-order valence-electron chi connectivity index (χ3n) is 6.97.